The Bertz CT molecular complexity index is 1730. The molecule has 3 fully saturated rings. The molecule has 244 valence electrons. The normalized spacial score (nSPS) is 23.0. The molecule has 0 saturated carbocycles. The van der Waals surface area contributed by atoms with Gasteiger partial charge in [-0.3, -0.25) is 4.79 Å². The van der Waals surface area contributed by atoms with Gasteiger partial charge in [-0.05, 0) is 67.6 Å². The molecule has 1 N–H and O–H groups in total. The molecule has 1 aromatic heterocycles. The molecular weight excluding hydrogens is 645 g/mol. The van der Waals surface area contributed by atoms with Crippen LogP contribution in [0.15, 0.2) is 79.4 Å². The Morgan fingerprint density at radius 1 is 0.936 bits per heavy atom. The van der Waals surface area contributed by atoms with Gasteiger partial charge in [-0.1, -0.05) is 29.3 Å². The maximum atomic E-state index is 12.3. The minimum atomic E-state index is -1.17. The van der Waals surface area contributed by atoms with Gasteiger partial charge < -0.3 is 29.3 Å². The van der Waals surface area contributed by atoms with E-state index in [-0.39, 0.29) is 31.2 Å². The number of amides is 3. The van der Waals surface area contributed by atoms with Gasteiger partial charge in [-0.2, -0.15) is 5.10 Å². The van der Waals surface area contributed by atoms with E-state index in [0.717, 1.165) is 43.3 Å². The van der Waals surface area contributed by atoms with Crippen LogP contribution in [0.1, 0.15) is 12.5 Å². The second-order valence-electron chi connectivity index (χ2n) is 11.7. The van der Waals surface area contributed by atoms with Crippen molar-refractivity contribution in [1.82, 2.24) is 20.1 Å². The number of carbonyl (C=O) groups excluding carboxylic acids is 2. The molecule has 3 amide bonds. The van der Waals surface area contributed by atoms with Crippen molar-refractivity contribution < 1.29 is 23.8 Å². The summed E-state index contributed by atoms with van der Waals surface area (Å²) in [6, 6.07) is 19.9. The van der Waals surface area contributed by atoms with Gasteiger partial charge in [0.25, 0.3) is 5.91 Å². The number of hydrogen-bond donors (Lipinski definition) is 1. The summed E-state index contributed by atoms with van der Waals surface area (Å²) >= 11 is 12.7. The summed E-state index contributed by atoms with van der Waals surface area (Å²) in [5.41, 5.74) is 3.40. The Labute approximate surface area is 281 Å². The molecule has 3 aliphatic rings. The van der Waals surface area contributed by atoms with Crippen molar-refractivity contribution >= 4 is 52.2 Å². The first-order valence-corrected chi connectivity index (χ1v) is 16.1. The van der Waals surface area contributed by atoms with Gasteiger partial charge in [0.05, 0.1) is 17.3 Å². The van der Waals surface area contributed by atoms with Crippen LogP contribution in [0.3, 0.4) is 0 Å². The minimum Gasteiger partial charge on any atom is -0.491 e. The van der Waals surface area contributed by atoms with Crippen LogP contribution in [0.4, 0.5) is 21.9 Å². The Balaban J connectivity index is 0.926. The van der Waals surface area contributed by atoms with Crippen molar-refractivity contribution in [2.24, 2.45) is 0 Å². The molecule has 4 aromatic rings. The summed E-state index contributed by atoms with van der Waals surface area (Å²) in [4.78, 5) is 34.4. The molecule has 4 heterocycles. The average Bonchev–Trinajstić information content (AvgIpc) is 3.80. The molecule has 0 radical (unpaired) electrons. The van der Waals surface area contributed by atoms with Crippen LogP contribution < -0.4 is 24.8 Å². The summed E-state index contributed by atoms with van der Waals surface area (Å²) < 4.78 is 20.5. The van der Waals surface area contributed by atoms with Crippen LogP contribution >= 0.6 is 23.2 Å². The zero-order chi connectivity index (χ0) is 32.5. The SMILES string of the molecule is CC1NC(=O)N(c2ccc(N3CCN(c4ccc(OCC5COC(Cn6cncn6)(c6ccc(Cl)cc6Cl)O5)cc4)CC3)cc2)C1=O. The number of piperazine rings is 1. The summed E-state index contributed by atoms with van der Waals surface area (Å²) in [6.07, 6.45) is 2.71. The molecule has 3 saturated heterocycles. The van der Waals surface area contributed by atoms with E-state index in [1.54, 1.807) is 36.1 Å². The molecule has 3 unspecified atom stereocenters. The topological polar surface area (TPSA) is 114 Å². The number of halogens is 2. The fourth-order valence-corrected chi connectivity index (χ4v) is 6.66. The van der Waals surface area contributed by atoms with Gasteiger partial charge in [0.2, 0.25) is 5.79 Å². The van der Waals surface area contributed by atoms with Crippen molar-refractivity contribution in [3.63, 3.8) is 0 Å². The van der Waals surface area contributed by atoms with Crippen LogP contribution in [0.2, 0.25) is 10.0 Å². The van der Waals surface area contributed by atoms with E-state index < -0.39 is 11.8 Å². The highest BCUT2D eigenvalue weighted by Crippen LogP contribution is 2.40. The van der Waals surface area contributed by atoms with Gasteiger partial charge >= 0.3 is 6.03 Å². The van der Waals surface area contributed by atoms with Gasteiger partial charge in [-0.25, -0.2) is 19.4 Å². The maximum Gasteiger partial charge on any atom is 0.329 e. The van der Waals surface area contributed by atoms with Crippen LogP contribution in [0.25, 0.3) is 0 Å². The number of nitrogens with zero attached hydrogens (tertiary/aromatic N) is 6. The summed E-state index contributed by atoms with van der Waals surface area (Å²) in [5.74, 6) is -0.678. The fourth-order valence-electron chi connectivity index (χ4n) is 6.11. The number of hydrogen-bond acceptors (Lipinski definition) is 9. The summed E-state index contributed by atoms with van der Waals surface area (Å²) in [7, 11) is 0. The number of carbonyl (C=O) groups is 2. The molecule has 14 heteroatoms. The third-order valence-electron chi connectivity index (χ3n) is 8.56. The van der Waals surface area contributed by atoms with Crippen LogP contribution in [-0.2, 0) is 26.6 Å². The first kappa shape index (κ1) is 31.3. The third-order valence-corrected chi connectivity index (χ3v) is 9.11. The Morgan fingerprint density at radius 2 is 1.60 bits per heavy atom. The Hall–Kier alpha value is -4.36. The molecule has 0 bridgehead atoms. The number of anilines is 3. The molecular formula is C33H33Cl2N7O5. The number of urea groups is 1. The number of benzene rings is 3. The number of ether oxygens (including phenoxy) is 3. The Morgan fingerprint density at radius 3 is 2.19 bits per heavy atom. The smallest absolute Gasteiger partial charge is 0.329 e. The second kappa shape index (κ2) is 13.0. The summed E-state index contributed by atoms with van der Waals surface area (Å²) in [5, 5.41) is 7.83. The molecule has 3 aliphatic heterocycles. The molecule has 12 nitrogen and oxygen atoms in total. The lowest BCUT2D eigenvalue weighted by atomic mass is 10.1. The van der Waals surface area contributed by atoms with Crippen LogP contribution in [0.5, 0.6) is 5.75 Å². The maximum absolute atomic E-state index is 12.3. The lowest BCUT2D eigenvalue weighted by Crippen LogP contribution is -2.46. The third kappa shape index (κ3) is 6.46. The van der Waals surface area contributed by atoms with E-state index in [0.29, 0.717) is 27.9 Å². The predicted molar refractivity (Wildman–Crippen MR) is 177 cm³/mol. The van der Waals surface area contributed by atoms with Crippen molar-refractivity contribution in [3.8, 4) is 5.75 Å². The van der Waals surface area contributed by atoms with Gasteiger partial charge in [0.1, 0.15) is 43.7 Å². The highest BCUT2D eigenvalue weighted by Gasteiger charge is 2.45. The monoisotopic (exact) mass is 677 g/mol. The predicted octanol–water partition coefficient (Wildman–Crippen LogP) is 4.70. The van der Waals surface area contributed by atoms with E-state index in [9.17, 15) is 9.59 Å². The highest BCUT2D eigenvalue weighted by molar-refractivity contribution is 6.35. The van der Waals surface area contributed by atoms with Crippen molar-refractivity contribution in [3.05, 3.63) is 95.0 Å². The molecule has 47 heavy (non-hydrogen) atoms. The van der Waals surface area contributed by atoms with Crippen molar-refractivity contribution in [2.75, 3.05) is 54.1 Å². The van der Waals surface area contributed by atoms with E-state index in [4.69, 9.17) is 37.4 Å². The molecule has 3 aromatic carbocycles. The molecule has 0 spiro atoms. The van der Waals surface area contributed by atoms with Crippen LogP contribution in [0, 0.1) is 0 Å². The van der Waals surface area contributed by atoms with Gasteiger partial charge in [0, 0.05) is 48.1 Å². The number of nitrogens with one attached hydrogen (secondary N) is 1. The summed E-state index contributed by atoms with van der Waals surface area (Å²) in [6.45, 7) is 5.91. The van der Waals surface area contributed by atoms with Crippen LogP contribution in [-0.4, -0.2) is 78.2 Å². The van der Waals surface area contributed by atoms with E-state index in [2.05, 4.69) is 37.3 Å². The first-order chi connectivity index (χ1) is 22.8. The number of rotatable bonds is 9. The minimum absolute atomic E-state index is 0.241. The molecule has 3 atom stereocenters. The number of aromatic nitrogens is 3. The lowest BCUT2D eigenvalue weighted by Gasteiger charge is -2.37. The van der Waals surface area contributed by atoms with Crippen molar-refractivity contribution in [1.29, 1.82) is 0 Å². The fraction of sp³-hybridized carbons (Fsp3) is 0.333. The average molecular weight is 679 g/mol. The van der Waals surface area contributed by atoms with Gasteiger partial charge in [-0.15, -0.1) is 0 Å². The highest BCUT2D eigenvalue weighted by atomic mass is 35.5. The molecule has 0 aliphatic carbocycles. The zero-order valence-corrected chi connectivity index (χ0v) is 27.1. The van der Waals surface area contributed by atoms with Gasteiger partial charge in [0.15, 0.2) is 0 Å². The zero-order valence-electron chi connectivity index (χ0n) is 25.6. The Kier molecular flexibility index (Phi) is 8.67. The van der Waals surface area contributed by atoms with E-state index >= 15 is 0 Å². The first-order valence-electron chi connectivity index (χ1n) is 15.3. The quantitative estimate of drug-likeness (QED) is 0.252. The van der Waals surface area contributed by atoms with E-state index in [1.165, 1.54) is 11.2 Å². The van der Waals surface area contributed by atoms with Crippen molar-refractivity contribution in [2.45, 2.75) is 31.4 Å². The second-order valence-corrected chi connectivity index (χ2v) is 12.5. The molecule has 7 rings (SSSR count). The number of imide groups is 1. The largest absolute Gasteiger partial charge is 0.491 e. The standard InChI is InChI=1S/C33H33Cl2N7O5/c1-22-31(43)42(32(44)38-22)26-5-3-24(4-6-26)39-12-14-40(15-13-39)25-7-9-27(10-8-25)45-17-28-18-46-33(47-28,19-41-21-36-20-37-41)29-11-2-23(34)16-30(29)35/h2-11,16,20-22,28H,12-15,17-19H2,1H3,(H,38,44). The van der Waals surface area contributed by atoms with E-state index in [1.807, 2.05) is 36.4 Å². The lowest BCUT2D eigenvalue weighted by molar-refractivity contribution is -0.190.